The average Bonchev–Trinajstić information content (AvgIpc) is 3.26. The highest BCUT2D eigenvalue weighted by molar-refractivity contribution is 7.17. The number of carbonyl (C=O) groups excluding carboxylic acids is 1. The Labute approximate surface area is 189 Å². The molecule has 2 aliphatic heterocycles. The second-order valence-electron chi connectivity index (χ2n) is 8.81. The first-order chi connectivity index (χ1) is 15.2. The molecule has 0 bridgehead atoms. The van der Waals surface area contributed by atoms with Gasteiger partial charge in [-0.1, -0.05) is 37.8 Å². The number of aromatic nitrogens is 1. The Hall–Kier alpha value is -2.23. The highest BCUT2D eigenvalue weighted by atomic mass is 32.1. The van der Waals surface area contributed by atoms with Crippen LogP contribution in [0.5, 0.6) is 0 Å². The van der Waals surface area contributed by atoms with E-state index < -0.39 is 0 Å². The summed E-state index contributed by atoms with van der Waals surface area (Å²) >= 11 is 1.45. The van der Waals surface area contributed by atoms with Crippen molar-refractivity contribution in [2.75, 3.05) is 26.2 Å². The Morgan fingerprint density at radius 1 is 1.06 bits per heavy atom. The molecule has 4 rings (SSSR count). The second-order valence-corrected chi connectivity index (χ2v) is 9.81. The highest BCUT2D eigenvalue weighted by Crippen LogP contribution is 2.30. The van der Waals surface area contributed by atoms with E-state index in [0.717, 1.165) is 47.1 Å². The highest BCUT2D eigenvalue weighted by Gasteiger charge is 2.29. The maximum atomic E-state index is 13.2. The van der Waals surface area contributed by atoms with Crippen molar-refractivity contribution >= 4 is 17.2 Å². The van der Waals surface area contributed by atoms with Crippen molar-refractivity contribution in [3.05, 3.63) is 40.4 Å². The molecule has 2 saturated heterocycles. The first-order valence-corrected chi connectivity index (χ1v) is 12.5. The fourth-order valence-electron chi connectivity index (χ4n) is 4.83. The minimum Gasteiger partial charge on any atom is -0.338 e. The van der Waals surface area contributed by atoms with E-state index in [9.17, 15) is 4.79 Å². The molecule has 2 aromatic rings. The molecule has 0 saturated carbocycles. The molecule has 1 aromatic heterocycles. The number of nitrogens with zero attached hydrogens (tertiary/aromatic N) is 4. The van der Waals surface area contributed by atoms with Gasteiger partial charge in [-0.2, -0.15) is 5.26 Å². The predicted octanol–water partition coefficient (Wildman–Crippen LogP) is 5.25. The van der Waals surface area contributed by atoms with Gasteiger partial charge in [-0.25, -0.2) is 4.98 Å². The van der Waals surface area contributed by atoms with E-state index in [1.54, 1.807) is 6.07 Å². The summed E-state index contributed by atoms with van der Waals surface area (Å²) in [4.78, 5) is 23.3. The standard InChI is InChI=1S/C25H32N4OS/c1-19-23(31-24(27-19)21-10-8-9-20(17-21)18-26)25(30)29-15-11-22(12-16-29)28-13-6-4-2-3-5-7-14-28/h8-10,17,22H,2-7,11-16H2,1H3. The number of piperidine rings is 1. The molecule has 0 radical (unpaired) electrons. The molecule has 164 valence electrons. The fraction of sp³-hybridized carbons (Fsp3) is 0.560. The molecule has 0 aliphatic carbocycles. The van der Waals surface area contributed by atoms with Crippen LogP contribution >= 0.6 is 11.3 Å². The predicted molar refractivity (Wildman–Crippen MR) is 125 cm³/mol. The Kier molecular flexibility index (Phi) is 7.37. The Balaban J connectivity index is 1.39. The first-order valence-electron chi connectivity index (χ1n) is 11.7. The molecule has 1 amide bonds. The summed E-state index contributed by atoms with van der Waals surface area (Å²) < 4.78 is 0. The van der Waals surface area contributed by atoms with Gasteiger partial charge in [-0.05, 0) is 57.8 Å². The van der Waals surface area contributed by atoms with Crippen molar-refractivity contribution in [2.45, 2.75) is 64.3 Å². The third kappa shape index (κ3) is 5.34. The number of aryl methyl sites for hydroxylation is 1. The number of amides is 1. The quantitative estimate of drug-likeness (QED) is 0.659. The molecule has 0 unspecified atom stereocenters. The Morgan fingerprint density at radius 3 is 2.42 bits per heavy atom. The summed E-state index contributed by atoms with van der Waals surface area (Å²) in [6.45, 7) is 6.01. The zero-order valence-electron chi connectivity index (χ0n) is 18.5. The van der Waals surface area contributed by atoms with Gasteiger partial charge in [0.1, 0.15) is 9.88 Å². The van der Waals surface area contributed by atoms with Crippen LogP contribution in [0.25, 0.3) is 10.6 Å². The van der Waals surface area contributed by atoms with Gasteiger partial charge in [0.15, 0.2) is 0 Å². The zero-order chi connectivity index (χ0) is 21.6. The number of thiazole rings is 1. The number of nitriles is 1. The summed E-state index contributed by atoms with van der Waals surface area (Å²) in [5.74, 6) is 0.112. The molecule has 5 nitrogen and oxygen atoms in total. The number of hydrogen-bond acceptors (Lipinski definition) is 5. The van der Waals surface area contributed by atoms with Crippen LogP contribution in [-0.4, -0.2) is 52.9 Å². The van der Waals surface area contributed by atoms with E-state index in [4.69, 9.17) is 5.26 Å². The van der Waals surface area contributed by atoms with Crippen molar-refractivity contribution in [3.63, 3.8) is 0 Å². The van der Waals surface area contributed by atoms with Crippen LogP contribution in [-0.2, 0) is 0 Å². The van der Waals surface area contributed by atoms with Crippen LogP contribution in [0.4, 0.5) is 0 Å². The van der Waals surface area contributed by atoms with Gasteiger partial charge < -0.3 is 9.80 Å². The monoisotopic (exact) mass is 436 g/mol. The molecule has 31 heavy (non-hydrogen) atoms. The molecule has 1 aromatic carbocycles. The summed E-state index contributed by atoms with van der Waals surface area (Å²) in [6, 6.07) is 10.2. The maximum absolute atomic E-state index is 13.2. The Bertz CT molecular complexity index is 929. The molecule has 2 aliphatic rings. The SMILES string of the molecule is Cc1nc(-c2cccc(C#N)c2)sc1C(=O)N1CCC(N2CCCCCCCC2)CC1. The minimum atomic E-state index is 0.112. The number of benzene rings is 1. The lowest BCUT2D eigenvalue weighted by molar-refractivity contribution is 0.0619. The van der Waals surface area contributed by atoms with Crippen molar-refractivity contribution in [2.24, 2.45) is 0 Å². The summed E-state index contributed by atoms with van der Waals surface area (Å²) in [5.41, 5.74) is 2.30. The van der Waals surface area contributed by atoms with Gasteiger partial charge in [0, 0.05) is 24.7 Å². The van der Waals surface area contributed by atoms with Crippen LogP contribution in [0.15, 0.2) is 24.3 Å². The third-order valence-electron chi connectivity index (χ3n) is 6.64. The van der Waals surface area contributed by atoms with Crippen molar-refractivity contribution in [3.8, 4) is 16.6 Å². The number of rotatable bonds is 3. The molecule has 2 fully saturated rings. The van der Waals surface area contributed by atoms with Crippen LogP contribution in [0.3, 0.4) is 0 Å². The van der Waals surface area contributed by atoms with E-state index >= 15 is 0 Å². The number of likely N-dealkylation sites (tertiary alicyclic amines) is 1. The topological polar surface area (TPSA) is 60.2 Å². The van der Waals surface area contributed by atoms with Crippen LogP contribution < -0.4 is 0 Å². The van der Waals surface area contributed by atoms with E-state index in [2.05, 4.69) is 16.0 Å². The van der Waals surface area contributed by atoms with Crippen LogP contribution in [0.1, 0.15) is 72.3 Å². The number of carbonyl (C=O) groups is 1. The average molecular weight is 437 g/mol. The van der Waals surface area contributed by atoms with Gasteiger partial charge in [0.25, 0.3) is 5.91 Å². The smallest absolute Gasteiger partial charge is 0.265 e. The summed E-state index contributed by atoms with van der Waals surface area (Å²) in [5, 5.41) is 9.96. The third-order valence-corrected chi connectivity index (χ3v) is 7.83. The van der Waals surface area contributed by atoms with E-state index in [1.165, 1.54) is 63.0 Å². The fourth-order valence-corrected chi connectivity index (χ4v) is 5.86. The van der Waals surface area contributed by atoms with Gasteiger partial charge in [-0.15, -0.1) is 11.3 Å². The maximum Gasteiger partial charge on any atom is 0.265 e. The van der Waals surface area contributed by atoms with Crippen LogP contribution in [0, 0.1) is 18.3 Å². The lowest BCUT2D eigenvalue weighted by Crippen LogP contribution is -2.47. The van der Waals surface area contributed by atoms with Gasteiger partial charge >= 0.3 is 0 Å². The largest absolute Gasteiger partial charge is 0.338 e. The van der Waals surface area contributed by atoms with E-state index in [1.807, 2.05) is 30.0 Å². The lowest BCUT2D eigenvalue weighted by Gasteiger charge is -2.38. The lowest BCUT2D eigenvalue weighted by atomic mass is 10.0. The van der Waals surface area contributed by atoms with Crippen molar-refractivity contribution in [1.82, 2.24) is 14.8 Å². The Morgan fingerprint density at radius 2 is 1.74 bits per heavy atom. The van der Waals surface area contributed by atoms with Crippen molar-refractivity contribution < 1.29 is 4.79 Å². The number of hydrogen-bond donors (Lipinski definition) is 0. The van der Waals surface area contributed by atoms with E-state index in [-0.39, 0.29) is 5.91 Å². The van der Waals surface area contributed by atoms with E-state index in [0.29, 0.717) is 11.6 Å². The van der Waals surface area contributed by atoms with Crippen molar-refractivity contribution in [1.29, 1.82) is 5.26 Å². The van der Waals surface area contributed by atoms with Gasteiger partial charge in [-0.3, -0.25) is 4.79 Å². The first kappa shape index (κ1) is 22.0. The molecule has 0 atom stereocenters. The molecular formula is C25H32N4OS. The zero-order valence-corrected chi connectivity index (χ0v) is 19.3. The summed E-state index contributed by atoms with van der Waals surface area (Å²) in [6.07, 6.45) is 10.3. The van der Waals surface area contributed by atoms with Gasteiger partial charge in [0.2, 0.25) is 0 Å². The summed E-state index contributed by atoms with van der Waals surface area (Å²) in [7, 11) is 0. The molecule has 6 heteroatoms. The van der Waals surface area contributed by atoms with Gasteiger partial charge in [0.05, 0.1) is 17.3 Å². The second kappa shape index (κ2) is 10.4. The molecule has 0 spiro atoms. The molecule has 0 N–H and O–H groups in total. The van der Waals surface area contributed by atoms with Crippen LogP contribution in [0.2, 0.25) is 0 Å². The minimum absolute atomic E-state index is 0.112. The molecular weight excluding hydrogens is 404 g/mol. The normalized spacial score (nSPS) is 19.3. The molecule has 3 heterocycles.